The van der Waals surface area contributed by atoms with Crippen LogP contribution in [0.4, 0.5) is 14.5 Å². The van der Waals surface area contributed by atoms with Crippen LogP contribution in [0.15, 0.2) is 53.9 Å². The van der Waals surface area contributed by atoms with E-state index >= 15 is 0 Å². The van der Waals surface area contributed by atoms with Crippen molar-refractivity contribution in [2.75, 3.05) is 31.2 Å². The lowest BCUT2D eigenvalue weighted by Gasteiger charge is -2.32. The molecule has 43 heavy (non-hydrogen) atoms. The highest BCUT2D eigenvalue weighted by atomic mass is 32.2. The monoisotopic (exact) mass is 609 g/mol. The molecule has 0 radical (unpaired) electrons. The molecule has 4 heterocycles. The topological polar surface area (TPSA) is 142 Å². The quantitative estimate of drug-likeness (QED) is 0.192. The van der Waals surface area contributed by atoms with E-state index in [1.54, 1.807) is 29.3 Å². The summed E-state index contributed by atoms with van der Waals surface area (Å²) in [4.78, 5) is 33.3. The van der Waals surface area contributed by atoms with Gasteiger partial charge in [0.2, 0.25) is 5.91 Å². The fourth-order valence-corrected chi connectivity index (χ4v) is 5.33. The lowest BCUT2D eigenvalue weighted by atomic mass is 10.0. The molecule has 1 saturated heterocycles. The van der Waals surface area contributed by atoms with Crippen molar-refractivity contribution >= 4 is 34.9 Å². The van der Waals surface area contributed by atoms with E-state index in [0.717, 1.165) is 17.7 Å². The number of nitriles is 1. The number of alkyl halides is 2. The highest BCUT2D eigenvalue weighted by Crippen LogP contribution is 2.38. The van der Waals surface area contributed by atoms with Crippen LogP contribution >= 0.6 is 11.8 Å². The molecular weight excluding hydrogens is 580 g/mol. The van der Waals surface area contributed by atoms with Crippen molar-refractivity contribution in [2.45, 2.75) is 43.4 Å². The van der Waals surface area contributed by atoms with Gasteiger partial charge in [-0.1, -0.05) is 0 Å². The second kappa shape index (κ2) is 13.6. The van der Waals surface area contributed by atoms with Gasteiger partial charge in [0, 0.05) is 61.1 Å². The van der Waals surface area contributed by atoms with Gasteiger partial charge in [0.05, 0.1) is 18.0 Å². The molecule has 1 aliphatic heterocycles. The van der Waals surface area contributed by atoms with E-state index in [4.69, 9.17) is 10.00 Å². The number of nitrogens with one attached hydrogen (secondary N) is 2. The Bertz CT molecular complexity index is 1640. The van der Waals surface area contributed by atoms with Gasteiger partial charge in [-0.15, -0.1) is 11.8 Å². The minimum atomic E-state index is -3.08. The normalized spacial score (nSPS) is 13.8. The summed E-state index contributed by atoms with van der Waals surface area (Å²) in [6.07, 6.45) is 9.85. The Labute approximate surface area is 250 Å². The van der Waals surface area contributed by atoms with E-state index in [0.29, 0.717) is 31.7 Å². The number of benzene rings is 1. The van der Waals surface area contributed by atoms with E-state index in [-0.39, 0.29) is 46.8 Å². The molecule has 1 aliphatic rings. The fourth-order valence-electron chi connectivity index (χ4n) is 4.89. The first kappa shape index (κ1) is 29.9. The van der Waals surface area contributed by atoms with Gasteiger partial charge in [0.15, 0.2) is 5.65 Å². The van der Waals surface area contributed by atoms with Gasteiger partial charge >= 0.3 is 6.61 Å². The zero-order chi connectivity index (χ0) is 30.3. The van der Waals surface area contributed by atoms with Crippen LogP contribution in [0.25, 0.3) is 16.9 Å². The van der Waals surface area contributed by atoms with Crippen LogP contribution in [-0.2, 0) is 11.3 Å². The molecule has 1 fully saturated rings. The van der Waals surface area contributed by atoms with Crippen molar-refractivity contribution in [1.82, 2.24) is 34.6 Å². The number of thioether (sulfide) groups is 1. The molecule has 0 spiro atoms. The molecule has 0 atom stereocenters. The Morgan fingerprint density at radius 2 is 2.09 bits per heavy atom. The van der Waals surface area contributed by atoms with Crippen LogP contribution in [0.1, 0.15) is 29.6 Å². The number of carbonyl (C=O) groups is 2. The van der Waals surface area contributed by atoms with E-state index in [1.807, 2.05) is 6.26 Å². The molecule has 1 aromatic carbocycles. The number of nitrogens with zero attached hydrogens (tertiary/aromatic N) is 7. The summed E-state index contributed by atoms with van der Waals surface area (Å²) in [6.45, 7) is -1.50. The maximum atomic E-state index is 13.4. The van der Waals surface area contributed by atoms with Gasteiger partial charge in [-0.3, -0.25) is 14.3 Å². The molecule has 5 rings (SSSR count). The van der Waals surface area contributed by atoms with E-state index in [9.17, 15) is 18.4 Å². The lowest BCUT2D eigenvalue weighted by molar-refractivity contribution is -0.133. The largest absolute Gasteiger partial charge is 0.434 e. The van der Waals surface area contributed by atoms with Crippen molar-refractivity contribution in [3.05, 3.63) is 54.6 Å². The van der Waals surface area contributed by atoms with Gasteiger partial charge in [-0.25, -0.2) is 9.50 Å². The standard InChI is InChI=1S/C28H29F2N9O3S/c1-43-19-4-5-23(42-28(29)30)20(14-19)25-22(35-27(41)21-15-34-39-11-3-10-33-26(21)39)16-38(36-25)17-24(40)37-12-6-18(7-13-37)32-9-2-8-31/h3-5,10-11,14-16,18,28,32H,2,6-7,9,12-13,17H2,1H3,(H,35,41). The summed E-state index contributed by atoms with van der Waals surface area (Å²) in [7, 11) is 0. The predicted molar refractivity (Wildman–Crippen MR) is 155 cm³/mol. The first-order valence-corrected chi connectivity index (χ1v) is 14.8. The molecule has 0 aliphatic carbocycles. The number of likely N-dealkylation sites (tertiary alicyclic amines) is 1. The molecule has 2 amide bonds. The zero-order valence-electron chi connectivity index (χ0n) is 23.2. The first-order chi connectivity index (χ1) is 20.9. The fraction of sp³-hybridized carbons (Fsp3) is 0.357. The number of rotatable bonds is 11. The third-order valence-corrected chi connectivity index (χ3v) is 7.73. The summed E-state index contributed by atoms with van der Waals surface area (Å²) in [5.74, 6) is -0.830. The van der Waals surface area contributed by atoms with Crippen LogP contribution in [0.2, 0.25) is 0 Å². The highest BCUT2D eigenvalue weighted by molar-refractivity contribution is 7.98. The Kier molecular flexibility index (Phi) is 9.48. The zero-order valence-corrected chi connectivity index (χ0v) is 24.1. The second-order valence-corrected chi connectivity index (χ2v) is 10.6. The summed E-state index contributed by atoms with van der Waals surface area (Å²) in [5.41, 5.74) is 1.13. The van der Waals surface area contributed by atoms with Gasteiger partial charge in [-0.05, 0) is 43.4 Å². The Morgan fingerprint density at radius 1 is 1.28 bits per heavy atom. The smallest absolute Gasteiger partial charge is 0.387 e. The number of aromatic nitrogens is 5. The van der Waals surface area contributed by atoms with Gasteiger partial charge in [0.1, 0.15) is 23.6 Å². The van der Waals surface area contributed by atoms with E-state index < -0.39 is 12.5 Å². The minimum Gasteiger partial charge on any atom is -0.434 e. The molecular formula is C28H29F2N9O3S. The molecule has 0 saturated carbocycles. The van der Waals surface area contributed by atoms with Crippen LogP contribution in [0.5, 0.6) is 5.75 Å². The van der Waals surface area contributed by atoms with Gasteiger partial charge in [-0.2, -0.15) is 24.2 Å². The van der Waals surface area contributed by atoms with Gasteiger partial charge < -0.3 is 20.3 Å². The number of anilines is 1. The van der Waals surface area contributed by atoms with Crippen LogP contribution in [0.3, 0.4) is 0 Å². The summed E-state index contributed by atoms with van der Waals surface area (Å²) in [6, 6.07) is 8.74. The van der Waals surface area contributed by atoms with Crippen molar-refractivity contribution in [3.63, 3.8) is 0 Å². The number of halogens is 2. The number of ether oxygens (including phenoxy) is 1. The number of carbonyl (C=O) groups excluding carboxylic acids is 2. The van der Waals surface area contributed by atoms with Crippen molar-refractivity contribution in [2.24, 2.45) is 0 Å². The van der Waals surface area contributed by atoms with Crippen LogP contribution in [0, 0.1) is 11.3 Å². The molecule has 4 aromatic rings. The average Bonchev–Trinajstić information content (AvgIpc) is 3.61. The lowest BCUT2D eigenvalue weighted by Crippen LogP contribution is -2.46. The molecule has 2 N–H and O–H groups in total. The van der Waals surface area contributed by atoms with Crippen molar-refractivity contribution in [1.29, 1.82) is 5.26 Å². The number of piperidine rings is 1. The SMILES string of the molecule is CSc1ccc(OC(F)F)c(-c2nn(CC(=O)N3CCC(NCCC#N)CC3)cc2NC(=O)c2cnn3cccnc23)c1. The van der Waals surface area contributed by atoms with Crippen LogP contribution < -0.4 is 15.4 Å². The summed E-state index contributed by atoms with van der Waals surface area (Å²) < 4.78 is 34.3. The predicted octanol–water partition coefficient (Wildman–Crippen LogP) is 3.66. The number of fused-ring (bicyclic) bond motifs is 1. The summed E-state index contributed by atoms with van der Waals surface area (Å²) >= 11 is 1.40. The van der Waals surface area contributed by atoms with Crippen molar-refractivity contribution < 1.29 is 23.1 Å². The third kappa shape index (κ3) is 7.09. The third-order valence-electron chi connectivity index (χ3n) is 7.01. The first-order valence-electron chi connectivity index (χ1n) is 13.5. The second-order valence-electron chi connectivity index (χ2n) is 9.75. The minimum absolute atomic E-state index is 0.122. The molecule has 3 aromatic heterocycles. The van der Waals surface area contributed by atoms with E-state index in [1.165, 1.54) is 45.6 Å². The van der Waals surface area contributed by atoms with Crippen LogP contribution in [-0.4, -0.2) is 79.6 Å². The molecule has 0 bridgehead atoms. The molecule has 0 unspecified atom stereocenters. The number of hydrogen-bond donors (Lipinski definition) is 2. The molecule has 12 nitrogen and oxygen atoms in total. The maximum absolute atomic E-state index is 13.4. The Morgan fingerprint density at radius 3 is 2.84 bits per heavy atom. The van der Waals surface area contributed by atoms with Crippen molar-refractivity contribution in [3.8, 4) is 23.1 Å². The van der Waals surface area contributed by atoms with Gasteiger partial charge in [0.25, 0.3) is 5.91 Å². The maximum Gasteiger partial charge on any atom is 0.387 e. The molecule has 15 heteroatoms. The number of amides is 2. The Balaban J connectivity index is 1.42. The Hall–Kier alpha value is -4.55. The highest BCUT2D eigenvalue weighted by Gasteiger charge is 2.25. The number of hydrogen-bond acceptors (Lipinski definition) is 9. The molecule has 224 valence electrons. The summed E-state index contributed by atoms with van der Waals surface area (Å²) in [5, 5.41) is 23.6. The van der Waals surface area contributed by atoms with E-state index in [2.05, 4.69) is 31.9 Å². The average molecular weight is 610 g/mol.